The fraction of sp³-hybridized carbons (Fsp3) is 0.750. The smallest absolute Gasteiger partial charge is 0.243 e. The van der Waals surface area contributed by atoms with Crippen molar-refractivity contribution in [1.82, 2.24) is 10.2 Å². The zero-order valence-electron chi connectivity index (χ0n) is 9.83. The Bertz CT molecular complexity index is 226. The van der Waals surface area contributed by atoms with Gasteiger partial charge in [-0.3, -0.25) is 4.79 Å². The van der Waals surface area contributed by atoms with E-state index in [9.17, 15) is 4.79 Å². The molecule has 0 saturated carbocycles. The monoisotopic (exact) mass is 210 g/mol. The summed E-state index contributed by atoms with van der Waals surface area (Å²) in [6.07, 6.45) is 2.53. The number of rotatable bonds is 5. The van der Waals surface area contributed by atoms with Crippen molar-refractivity contribution in [2.45, 2.75) is 20.3 Å². The summed E-state index contributed by atoms with van der Waals surface area (Å²) < 4.78 is 0. The van der Waals surface area contributed by atoms with Crippen molar-refractivity contribution >= 4 is 5.91 Å². The number of hydrogen-bond donors (Lipinski definition) is 1. The Labute approximate surface area is 92.5 Å². The normalized spacial score (nSPS) is 21.9. The summed E-state index contributed by atoms with van der Waals surface area (Å²) in [4.78, 5) is 13.5. The molecule has 1 saturated heterocycles. The van der Waals surface area contributed by atoms with Crippen LogP contribution in [0.5, 0.6) is 0 Å². The summed E-state index contributed by atoms with van der Waals surface area (Å²) in [5.74, 6) is 1.29. The summed E-state index contributed by atoms with van der Waals surface area (Å²) >= 11 is 0. The van der Waals surface area contributed by atoms with E-state index in [0.29, 0.717) is 5.92 Å². The van der Waals surface area contributed by atoms with Gasteiger partial charge in [-0.25, -0.2) is 0 Å². The first-order chi connectivity index (χ1) is 7.11. The quantitative estimate of drug-likeness (QED) is 0.693. The lowest BCUT2D eigenvalue weighted by atomic mass is 10.1. The molecule has 0 radical (unpaired) electrons. The maximum atomic E-state index is 11.0. The second-order valence-electron chi connectivity index (χ2n) is 4.76. The van der Waals surface area contributed by atoms with Crippen LogP contribution in [0.1, 0.15) is 20.3 Å². The van der Waals surface area contributed by atoms with Gasteiger partial charge in [-0.1, -0.05) is 20.4 Å². The lowest BCUT2D eigenvalue weighted by Gasteiger charge is -2.18. The predicted octanol–water partition coefficient (Wildman–Crippen LogP) is 1.27. The van der Waals surface area contributed by atoms with Crippen LogP contribution in [-0.2, 0) is 4.79 Å². The van der Waals surface area contributed by atoms with Crippen molar-refractivity contribution in [3.63, 3.8) is 0 Å². The van der Waals surface area contributed by atoms with Gasteiger partial charge in [0, 0.05) is 19.6 Å². The molecule has 0 bridgehead atoms. The Kier molecular flexibility index (Phi) is 4.82. The highest BCUT2D eigenvalue weighted by molar-refractivity contribution is 5.86. The van der Waals surface area contributed by atoms with E-state index in [0.717, 1.165) is 19.0 Å². The van der Waals surface area contributed by atoms with Crippen LogP contribution >= 0.6 is 0 Å². The Morgan fingerprint density at radius 3 is 3.00 bits per heavy atom. The van der Waals surface area contributed by atoms with Gasteiger partial charge in [0.25, 0.3) is 0 Å². The first kappa shape index (κ1) is 12.2. The molecule has 1 rings (SSSR count). The third-order valence-corrected chi connectivity index (χ3v) is 2.74. The van der Waals surface area contributed by atoms with Gasteiger partial charge < -0.3 is 10.2 Å². The fourth-order valence-corrected chi connectivity index (χ4v) is 2.08. The molecule has 86 valence electrons. The van der Waals surface area contributed by atoms with Crippen LogP contribution in [0.15, 0.2) is 12.7 Å². The highest BCUT2D eigenvalue weighted by Gasteiger charge is 2.22. The van der Waals surface area contributed by atoms with E-state index < -0.39 is 0 Å². The highest BCUT2D eigenvalue weighted by atomic mass is 16.1. The van der Waals surface area contributed by atoms with Crippen molar-refractivity contribution < 1.29 is 4.79 Å². The van der Waals surface area contributed by atoms with Crippen LogP contribution in [0.4, 0.5) is 0 Å². The van der Waals surface area contributed by atoms with Gasteiger partial charge in [0.05, 0.1) is 0 Å². The molecule has 15 heavy (non-hydrogen) atoms. The molecule has 1 amide bonds. The average Bonchev–Trinajstić information content (AvgIpc) is 2.61. The molecule has 1 aliphatic heterocycles. The Balaban J connectivity index is 2.18. The van der Waals surface area contributed by atoms with E-state index in [4.69, 9.17) is 0 Å². The van der Waals surface area contributed by atoms with E-state index in [1.165, 1.54) is 25.6 Å². The second kappa shape index (κ2) is 5.91. The first-order valence-electron chi connectivity index (χ1n) is 5.74. The number of carbonyl (C=O) groups is 1. The lowest BCUT2D eigenvalue weighted by molar-refractivity contribution is -0.116. The van der Waals surface area contributed by atoms with Gasteiger partial charge >= 0.3 is 0 Å². The molecule has 1 atom stereocenters. The minimum Gasteiger partial charge on any atom is -0.352 e. The maximum Gasteiger partial charge on any atom is 0.243 e. The molecule has 1 fully saturated rings. The molecule has 1 N–H and O–H groups in total. The second-order valence-corrected chi connectivity index (χ2v) is 4.76. The highest BCUT2D eigenvalue weighted by Crippen LogP contribution is 2.16. The van der Waals surface area contributed by atoms with Gasteiger partial charge in [0.15, 0.2) is 0 Å². The van der Waals surface area contributed by atoms with Crippen LogP contribution in [0.2, 0.25) is 0 Å². The molecular formula is C12H22N2O. The third kappa shape index (κ3) is 4.47. The van der Waals surface area contributed by atoms with Crippen molar-refractivity contribution in [2.75, 3.05) is 26.2 Å². The molecule has 0 aromatic carbocycles. The third-order valence-electron chi connectivity index (χ3n) is 2.74. The topological polar surface area (TPSA) is 32.3 Å². The van der Waals surface area contributed by atoms with Gasteiger partial charge in [0.2, 0.25) is 5.91 Å². The molecule has 0 aromatic heterocycles. The van der Waals surface area contributed by atoms with Crippen LogP contribution < -0.4 is 5.32 Å². The number of nitrogens with zero attached hydrogens (tertiary/aromatic N) is 1. The standard InChI is InChI=1S/C12H22N2O/c1-4-12(15)13-7-11-5-6-14(9-11)8-10(2)3/h4,10-11H,1,5-9H2,2-3H3,(H,13,15). The molecule has 1 aliphatic rings. The van der Waals surface area contributed by atoms with Gasteiger partial charge in [-0.05, 0) is 30.9 Å². The molecular weight excluding hydrogens is 188 g/mol. The van der Waals surface area contributed by atoms with E-state index in [1.807, 2.05) is 0 Å². The summed E-state index contributed by atoms with van der Waals surface area (Å²) in [6.45, 7) is 12.2. The van der Waals surface area contributed by atoms with Crippen molar-refractivity contribution in [3.05, 3.63) is 12.7 Å². The van der Waals surface area contributed by atoms with Crippen molar-refractivity contribution in [2.24, 2.45) is 11.8 Å². The van der Waals surface area contributed by atoms with Crippen LogP contribution in [0.25, 0.3) is 0 Å². The fourth-order valence-electron chi connectivity index (χ4n) is 2.08. The van der Waals surface area contributed by atoms with E-state index >= 15 is 0 Å². The van der Waals surface area contributed by atoms with Crippen molar-refractivity contribution in [3.8, 4) is 0 Å². The lowest BCUT2D eigenvalue weighted by Crippen LogP contribution is -2.30. The number of nitrogens with one attached hydrogen (secondary N) is 1. The minimum absolute atomic E-state index is 0.0580. The Morgan fingerprint density at radius 1 is 1.67 bits per heavy atom. The summed E-state index contributed by atoms with van der Waals surface area (Å²) in [7, 11) is 0. The minimum atomic E-state index is -0.0580. The van der Waals surface area contributed by atoms with Crippen LogP contribution in [0.3, 0.4) is 0 Å². The van der Waals surface area contributed by atoms with Crippen LogP contribution in [-0.4, -0.2) is 37.0 Å². The number of amides is 1. The SMILES string of the molecule is C=CC(=O)NCC1CCN(CC(C)C)C1. The molecule has 0 aromatic rings. The summed E-state index contributed by atoms with van der Waals surface area (Å²) in [6, 6.07) is 0. The Morgan fingerprint density at radius 2 is 2.40 bits per heavy atom. The van der Waals surface area contributed by atoms with E-state index in [1.54, 1.807) is 0 Å². The molecule has 0 aliphatic carbocycles. The van der Waals surface area contributed by atoms with Crippen LogP contribution in [0, 0.1) is 11.8 Å². The molecule has 0 spiro atoms. The maximum absolute atomic E-state index is 11.0. The zero-order chi connectivity index (χ0) is 11.3. The predicted molar refractivity (Wildman–Crippen MR) is 62.6 cm³/mol. The van der Waals surface area contributed by atoms with Gasteiger partial charge in [0.1, 0.15) is 0 Å². The Hall–Kier alpha value is -0.830. The largest absolute Gasteiger partial charge is 0.352 e. The molecule has 3 nitrogen and oxygen atoms in total. The van der Waals surface area contributed by atoms with Gasteiger partial charge in [-0.2, -0.15) is 0 Å². The van der Waals surface area contributed by atoms with E-state index in [2.05, 4.69) is 30.6 Å². The first-order valence-corrected chi connectivity index (χ1v) is 5.74. The van der Waals surface area contributed by atoms with Crippen molar-refractivity contribution in [1.29, 1.82) is 0 Å². The number of likely N-dealkylation sites (tertiary alicyclic amines) is 1. The molecule has 3 heteroatoms. The molecule has 1 unspecified atom stereocenters. The van der Waals surface area contributed by atoms with Gasteiger partial charge in [-0.15, -0.1) is 0 Å². The number of hydrogen-bond acceptors (Lipinski definition) is 2. The molecule has 1 heterocycles. The summed E-state index contributed by atoms with van der Waals surface area (Å²) in [5.41, 5.74) is 0. The van der Waals surface area contributed by atoms with E-state index in [-0.39, 0.29) is 5.91 Å². The zero-order valence-corrected chi connectivity index (χ0v) is 9.83. The summed E-state index contributed by atoms with van der Waals surface area (Å²) in [5, 5.41) is 2.86. The number of carbonyl (C=O) groups excluding carboxylic acids is 1. The average molecular weight is 210 g/mol.